The monoisotopic (exact) mass is 1250 g/mol. The lowest BCUT2D eigenvalue weighted by atomic mass is 9.56. The van der Waals surface area contributed by atoms with Gasteiger partial charge in [0.2, 0.25) is 29.1 Å². The molecule has 0 aromatic heterocycles. The summed E-state index contributed by atoms with van der Waals surface area (Å²) in [4.78, 5) is 75.7. The van der Waals surface area contributed by atoms with Gasteiger partial charge in [-0.2, -0.15) is 0 Å². The van der Waals surface area contributed by atoms with Crippen molar-refractivity contribution in [2.75, 3.05) is 0 Å². The van der Waals surface area contributed by atoms with Gasteiger partial charge in [0.1, 0.15) is 0 Å². The van der Waals surface area contributed by atoms with Crippen molar-refractivity contribution in [2.45, 2.75) is 307 Å². The number of carbonyl (C=O) groups is 2. The number of amides is 1. The van der Waals surface area contributed by atoms with Crippen LogP contribution in [0.15, 0.2) is 0 Å². The van der Waals surface area contributed by atoms with Gasteiger partial charge in [-0.25, -0.2) is 44.9 Å². The molecule has 0 aromatic rings. The Morgan fingerprint density at radius 2 is 0.629 bits per heavy atom. The molecule has 20 rings (SSSR count). The number of hydrogen-bond donors (Lipinski definition) is 3. The number of rotatable bonds is 10. The van der Waals surface area contributed by atoms with Gasteiger partial charge in [-0.05, 0) is 201 Å². The maximum absolute atomic E-state index is 13.5. The van der Waals surface area contributed by atoms with Crippen LogP contribution in [-0.4, -0.2) is 112 Å². The van der Waals surface area contributed by atoms with Crippen molar-refractivity contribution in [3.05, 3.63) is 0 Å². The third-order valence-corrected chi connectivity index (χ3v) is 28.1. The number of carboxylic acids is 1. The van der Waals surface area contributed by atoms with E-state index in [0.29, 0.717) is 61.2 Å². The number of aliphatic carboxylic acids is 1. The molecule has 502 valence electrons. The molecule has 20 aliphatic rings. The summed E-state index contributed by atoms with van der Waals surface area (Å²) in [6, 6.07) is 0. The van der Waals surface area contributed by atoms with Crippen molar-refractivity contribution in [3.63, 3.8) is 0 Å². The molecule has 8 unspecified atom stereocenters. The SMILES string of the molecule is C[C@H]1[C@@H](CC(CC2O[C@@H]3O[C@@]4(C)CCC5[C@H](C)CC[C@@H]([C@H]2C)[C@]53OO4)C(=O)NN)O[C@@H]2O[C@@]3(C)CCC4[C@H](C)CC[C@@H]1[C@]42OO3.C[C@H]1[C@@H](CC(CC2O[C@@H]3O[C@@]4(C)CCC5[C@H](C)CC[C@@H]([C@H]2C)[C@]53OO4)C(=O)O)O[C@@H]2O[C@@]3(C)CCC4[C@H](C)CC[C@@H]1[C@]42OO3. The first-order chi connectivity index (χ1) is 42.3. The maximum atomic E-state index is 13.5. The zero-order valence-corrected chi connectivity index (χ0v) is 55.0. The molecule has 4 N–H and O–H groups in total. The fourth-order valence-electron chi connectivity index (χ4n) is 22.8. The van der Waals surface area contributed by atoms with E-state index in [0.717, 1.165) is 103 Å². The van der Waals surface area contributed by atoms with Crippen LogP contribution >= 0.6 is 0 Å². The molecule has 21 nitrogen and oxygen atoms in total. The van der Waals surface area contributed by atoms with Gasteiger partial charge in [-0.3, -0.25) is 15.0 Å². The van der Waals surface area contributed by atoms with Crippen LogP contribution in [0.4, 0.5) is 0 Å². The van der Waals surface area contributed by atoms with Crippen LogP contribution in [0.2, 0.25) is 0 Å². The Morgan fingerprint density at radius 1 is 0.382 bits per heavy atom. The van der Waals surface area contributed by atoms with Gasteiger partial charge >= 0.3 is 5.97 Å². The average molecular weight is 1260 g/mol. The molecule has 34 atom stereocenters. The van der Waals surface area contributed by atoms with Crippen molar-refractivity contribution in [1.29, 1.82) is 0 Å². The van der Waals surface area contributed by atoms with Crippen molar-refractivity contribution in [3.8, 4) is 0 Å². The maximum Gasteiger partial charge on any atom is 0.306 e. The lowest BCUT2D eigenvalue weighted by Crippen LogP contribution is -2.70. The van der Waals surface area contributed by atoms with E-state index in [4.69, 9.17) is 82.8 Å². The molecule has 4 saturated carbocycles. The first-order valence-corrected chi connectivity index (χ1v) is 35.4. The van der Waals surface area contributed by atoms with Crippen LogP contribution in [0.3, 0.4) is 0 Å². The summed E-state index contributed by atoms with van der Waals surface area (Å²) < 4.78 is 53.6. The normalized spacial score (nSPS) is 57.8. The Bertz CT molecular complexity index is 2520. The molecule has 16 saturated heterocycles. The molecule has 4 aliphatic carbocycles. The first kappa shape index (κ1) is 63.3. The predicted octanol–water partition coefficient (Wildman–Crippen LogP) is 10.8. The Kier molecular flexibility index (Phi) is 15.9. The van der Waals surface area contributed by atoms with E-state index in [1.165, 1.54) is 0 Å². The molecule has 20 fully saturated rings. The highest BCUT2D eigenvalue weighted by molar-refractivity contribution is 5.78. The van der Waals surface area contributed by atoms with Crippen LogP contribution in [0.25, 0.3) is 0 Å². The standard InChI is InChI=1S/C34H54N2O9.C34H52O10/c1-17-7-9-24-19(3)26(38-29-33(24)22(17)11-13-31(5,40-29)42-44-33)15-21(28(37)36-35)16-27-20(4)25-10-8-18(2)23-12-14-32(6)41-30(39-27)34(23,25)45-43-32;1-17-7-9-24-19(3)26(37-29-33(24)22(17)11-13-31(5,39-29)41-43-33)15-21(28(35)36)16-27-20(4)25-10-8-18(2)23-12-14-32(6)40-30(38-27)34(23,25)44-42-32/h17-27,29-30H,7-16,35H2,1-6H3,(H,36,37);17-27,29-30H,7-16H2,1-6H3,(H,35,36)/t2*17-,18-,19-,20-,21?,22?,23?,24+,25+,26-,27?,29-,30-,31-,32-,33-,34-/m11/s1. The largest absolute Gasteiger partial charge is 0.481 e. The smallest absolute Gasteiger partial charge is 0.306 e. The van der Waals surface area contributed by atoms with Gasteiger partial charge in [0, 0.05) is 55.3 Å². The van der Waals surface area contributed by atoms with Gasteiger partial charge in [-0.1, -0.05) is 55.4 Å². The minimum atomic E-state index is -0.855. The van der Waals surface area contributed by atoms with Gasteiger partial charge in [0.05, 0.1) is 30.3 Å². The highest BCUT2D eigenvalue weighted by Gasteiger charge is 2.74. The molecule has 0 radical (unpaired) electrons. The van der Waals surface area contributed by atoms with Gasteiger partial charge in [-0.15, -0.1) is 0 Å². The van der Waals surface area contributed by atoms with E-state index in [-0.39, 0.29) is 89.5 Å². The molecule has 4 spiro atoms. The van der Waals surface area contributed by atoms with Gasteiger partial charge in [0.15, 0.2) is 47.6 Å². The lowest BCUT2D eigenvalue weighted by molar-refractivity contribution is -0.572. The highest BCUT2D eigenvalue weighted by Crippen LogP contribution is 2.66. The summed E-state index contributed by atoms with van der Waals surface area (Å²) >= 11 is 0. The number of carbonyl (C=O) groups excluding carboxylic acids is 1. The summed E-state index contributed by atoms with van der Waals surface area (Å²) in [5.41, 5.74) is -0.101. The molecule has 16 aliphatic heterocycles. The first-order valence-electron chi connectivity index (χ1n) is 35.4. The Morgan fingerprint density at radius 3 is 0.865 bits per heavy atom. The molecule has 21 heteroatoms. The second-order valence-electron chi connectivity index (χ2n) is 33.0. The van der Waals surface area contributed by atoms with Crippen molar-refractivity contribution >= 4 is 11.9 Å². The van der Waals surface area contributed by atoms with E-state index in [2.05, 4.69) is 60.8 Å². The minimum Gasteiger partial charge on any atom is -0.481 e. The second kappa shape index (κ2) is 22.4. The summed E-state index contributed by atoms with van der Waals surface area (Å²) in [7, 11) is 0. The number of hydrogen-bond acceptors (Lipinski definition) is 19. The Balaban J connectivity index is 0.000000149. The van der Waals surface area contributed by atoms with Crippen molar-refractivity contribution in [2.24, 2.45) is 112 Å². The summed E-state index contributed by atoms with van der Waals surface area (Å²) in [6.45, 7) is 25.9. The van der Waals surface area contributed by atoms with Crippen molar-refractivity contribution in [1.82, 2.24) is 5.43 Å². The summed E-state index contributed by atoms with van der Waals surface area (Å²) in [6.07, 6.45) is 14.1. The highest BCUT2D eigenvalue weighted by atomic mass is 17.3. The zero-order chi connectivity index (χ0) is 62.3. The van der Waals surface area contributed by atoms with E-state index < -0.39 is 88.5 Å². The Labute approximate surface area is 526 Å². The van der Waals surface area contributed by atoms with E-state index in [1.54, 1.807) is 0 Å². The molecule has 1 amide bonds. The second-order valence-corrected chi connectivity index (χ2v) is 33.0. The summed E-state index contributed by atoms with van der Waals surface area (Å²) in [5, 5.41) is 10.6. The van der Waals surface area contributed by atoms with Crippen LogP contribution in [-0.2, 0) is 86.6 Å². The number of nitrogens with two attached hydrogens (primary N) is 1. The Hall–Kier alpha value is -1.74. The molecular formula is C68H106N2O19. The average Bonchev–Trinajstić information content (AvgIpc) is 1.73. The van der Waals surface area contributed by atoms with Crippen LogP contribution in [0.1, 0.15) is 212 Å². The topological polar surface area (TPSA) is 240 Å². The molecule has 89 heavy (non-hydrogen) atoms. The third kappa shape index (κ3) is 9.62. The number of nitrogens with one attached hydrogen (secondary N) is 1. The minimum absolute atomic E-state index is 0.0951. The van der Waals surface area contributed by atoms with Crippen LogP contribution < -0.4 is 11.3 Å². The van der Waals surface area contributed by atoms with Gasteiger partial charge < -0.3 is 43.0 Å². The van der Waals surface area contributed by atoms with Gasteiger partial charge in [0.25, 0.3) is 0 Å². The van der Waals surface area contributed by atoms with Crippen LogP contribution in [0.5, 0.6) is 0 Å². The lowest BCUT2D eigenvalue weighted by Gasteiger charge is -2.61. The van der Waals surface area contributed by atoms with E-state index in [1.807, 2.05) is 27.7 Å². The fraction of sp³-hybridized carbons (Fsp3) is 0.971. The number of carboxylic acid groups (broad SMARTS) is 1. The molecular weight excluding hydrogens is 1150 g/mol. The van der Waals surface area contributed by atoms with Crippen LogP contribution in [0, 0.1) is 107 Å². The quantitative estimate of drug-likeness (QED) is 0.0797. The fourth-order valence-corrected chi connectivity index (χ4v) is 22.8. The zero-order valence-electron chi connectivity index (χ0n) is 55.0. The molecule has 8 bridgehead atoms. The number of fused-ring (bicyclic) bond motifs is 8. The predicted molar refractivity (Wildman–Crippen MR) is 313 cm³/mol. The summed E-state index contributed by atoms with van der Waals surface area (Å²) in [5.74, 6) is 4.68. The van der Waals surface area contributed by atoms with E-state index >= 15 is 0 Å². The van der Waals surface area contributed by atoms with E-state index in [9.17, 15) is 14.7 Å². The molecule has 0 aromatic carbocycles. The molecule has 16 heterocycles. The number of hydrazine groups is 1. The third-order valence-electron chi connectivity index (χ3n) is 28.1. The van der Waals surface area contributed by atoms with Crippen molar-refractivity contribution < 1.29 is 91.7 Å². The number of ether oxygens (including phenoxy) is 8.